The summed E-state index contributed by atoms with van der Waals surface area (Å²) in [7, 11) is 1.89. The fraction of sp³-hybridized carbons (Fsp3) is 0.667. The third-order valence-corrected chi connectivity index (χ3v) is 2.83. The van der Waals surface area contributed by atoms with Crippen LogP contribution >= 0.6 is 0 Å². The zero-order chi connectivity index (χ0) is 10.8. The number of hydrogen-bond donors (Lipinski definition) is 1. The summed E-state index contributed by atoms with van der Waals surface area (Å²) in [5.74, 6) is 0.0239. The fourth-order valence-electron chi connectivity index (χ4n) is 2.16. The zero-order valence-electron chi connectivity index (χ0n) is 8.64. The lowest BCUT2D eigenvalue weighted by Crippen LogP contribution is -2.26. The molecule has 1 aromatic rings. The molecule has 6 nitrogen and oxygen atoms in total. The molecule has 82 valence electrons. The molecule has 0 aliphatic carbocycles. The highest BCUT2D eigenvalue weighted by atomic mass is 16.6. The van der Waals surface area contributed by atoms with Gasteiger partial charge in [-0.25, -0.2) is 0 Å². The SMILES string of the molecule is CNCC1CCCc2c([N+](=O)[O-])ncn21. The van der Waals surface area contributed by atoms with Crippen molar-refractivity contribution in [1.82, 2.24) is 14.9 Å². The topological polar surface area (TPSA) is 73.0 Å². The lowest BCUT2D eigenvalue weighted by atomic mass is 10.0. The summed E-state index contributed by atoms with van der Waals surface area (Å²) in [6.07, 6.45) is 4.41. The summed E-state index contributed by atoms with van der Waals surface area (Å²) in [4.78, 5) is 14.2. The van der Waals surface area contributed by atoms with Gasteiger partial charge in [-0.05, 0) is 36.2 Å². The predicted molar refractivity (Wildman–Crippen MR) is 54.8 cm³/mol. The van der Waals surface area contributed by atoms with Crippen LogP contribution in [-0.2, 0) is 6.42 Å². The number of nitro groups is 1. The van der Waals surface area contributed by atoms with Crippen LogP contribution in [0.5, 0.6) is 0 Å². The van der Waals surface area contributed by atoms with E-state index >= 15 is 0 Å². The molecule has 1 N–H and O–H groups in total. The number of nitrogens with zero attached hydrogens (tertiary/aromatic N) is 3. The first-order valence-electron chi connectivity index (χ1n) is 5.08. The van der Waals surface area contributed by atoms with Gasteiger partial charge in [0.2, 0.25) is 6.33 Å². The fourth-order valence-corrected chi connectivity index (χ4v) is 2.16. The molecule has 1 aliphatic rings. The van der Waals surface area contributed by atoms with Crippen LogP contribution in [0.4, 0.5) is 5.82 Å². The number of rotatable bonds is 3. The van der Waals surface area contributed by atoms with Crippen molar-refractivity contribution in [2.24, 2.45) is 0 Å². The standard InChI is InChI=1S/C9H14N4O2/c1-10-5-7-3-2-4-8-9(13(14)15)11-6-12(7)8/h6-7,10H,2-5H2,1H3. The Balaban J connectivity index is 2.33. The first-order chi connectivity index (χ1) is 7.24. The molecule has 0 saturated carbocycles. The number of nitrogens with one attached hydrogen (secondary N) is 1. The highest BCUT2D eigenvalue weighted by Crippen LogP contribution is 2.29. The summed E-state index contributed by atoms with van der Waals surface area (Å²) in [6, 6.07) is 0.306. The third-order valence-electron chi connectivity index (χ3n) is 2.83. The molecule has 1 aliphatic heterocycles. The van der Waals surface area contributed by atoms with Crippen LogP contribution in [0.3, 0.4) is 0 Å². The van der Waals surface area contributed by atoms with Crippen molar-refractivity contribution in [1.29, 1.82) is 0 Å². The second kappa shape index (κ2) is 3.98. The highest BCUT2D eigenvalue weighted by Gasteiger charge is 2.28. The molecule has 0 saturated heterocycles. The first-order valence-corrected chi connectivity index (χ1v) is 5.08. The Bertz CT molecular complexity index is 374. The van der Waals surface area contributed by atoms with E-state index in [0.717, 1.165) is 31.5 Å². The maximum absolute atomic E-state index is 10.7. The number of hydrogen-bond acceptors (Lipinski definition) is 4. The summed E-state index contributed by atoms with van der Waals surface area (Å²) in [6.45, 7) is 0.834. The molecular formula is C9H14N4O2. The lowest BCUT2D eigenvalue weighted by Gasteiger charge is -2.23. The number of fused-ring (bicyclic) bond motifs is 1. The molecule has 0 amide bonds. The average Bonchev–Trinajstić information content (AvgIpc) is 2.62. The Morgan fingerprint density at radius 2 is 2.60 bits per heavy atom. The molecule has 0 bridgehead atoms. The van der Waals surface area contributed by atoms with Crippen LogP contribution in [0, 0.1) is 10.1 Å². The molecule has 2 heterocycles. The first kappa shape index (κ1) is 10.1. The van der Waals surface area contributed by atoms with E-state index < -0.39 is 4.92 Å². The van der Waals surface area contributed by atoms with Crippen molar-refractivity contribution >= 4 is 5.82 Å². The number of likely N-dealkylation sites (N-methyl/N-ethyl adjacent to an activating group) is 1. The van der Waals surface area contributed by atoms with Crippen LogP contribution in [0.1, 0.15) is 24.6 Å². The van der Waals surface area contributed by atoms with Gasteiger partial charge < -0.3 is 20.0 Å². The Morgan fingerprint density at radius 1 is 1.80 bits per heavy atom. The van der Waals surface area contributed by atoms with E-state index in [1.165, 1.54) is 0 Å². The van der Waals surface area contributed by atoms with Crippen molar-refractivity contribution in [3.05, 3.63) is 22.1 Å². The predicted octanol–water partition coefficient (Wildman–Crippen LogP) is 0.888. The number of aromatic nitrogens is 2. The summed E-state index contributed by atoms with van der Waals surface area (Å²) in [5.41, 5.74) is 0.770. The third kappa shape index (κ3) is 1.72. The summed E-state index contributed by atoms with van der Waals surface area (Å²) >= 11 is 0. The van der Waals surface area contributed by atoms with Gasteiger partial charge in [0, 0.05) is 12.6 Å². The molecule has 0 aromatic carbocycles. The Morgan fingerprint density at radius 3 is 3.27 bits per heavy atom. The number of imidazole rings is 1. The van der Waals surface area contributed by atoms with E-state index in [1.54, 1.807) is 6.33 Å². The van der Waals surface area contributed by atoms with Gasteiger partial charge in [0.25, 0.3) is 0 Å². The smallest absolute Gasteiger partial charge is 0.358 e. The second-order valence-electron chi connectivity index (χ2n) is 3.78. The van der Waals surface area contributed by atoms with Gasteiger partial charge in [0.15, 0.2) is 0 Å². The van der Waals surface area contributed by atoms with Gasteiger partial charge >= 0.3 is 5.82 Å². The van der Waals surface area contributed by atoms with Gasteiger partial charge in [0.05, 0.1) is 0 Å². The quantitative estimate of drug-likeness (QED) is 0.594. The summed E-state index contributed by atoms with van der Waals surface area (Å²) in [5, 5.41) is 13.8. The molecule has 1 aromatic heterocycles. The molecule has 1 atom stereocenters. The Labute approximate surface area is 87.5 Å². The van der Waals surface area contributed by atoms with E-state index in [2.05, 4.69) is 10.3 Å². The van der Waals surface area contributed by atoms with Crippen molar-refractivity contribution in [2.45, 2.75) is 25.3 Å². The van der Waals surface area contributed by atoms with E-state index in [1.807, 2.05) is 11.6 Å². The maximum atomic E-state index is 10.7. The van der Waals surface area contributed by atoms with Crippen LogP contribution in [0.25, 0.3) is 0 Å². The van der Waals surface area contributed by atoms with Crippen molar-refractivity contribution < 1.29 is 4.92 Å². The maximum Gasteiger partial charge on any atom is 0.384 e. The van der Waals surface area contributed by atoms with Crippen LogP contribution in [0.2, 0.25) is 0 Å². The molecule has 2 rings (SSSR count). The van der Waals surface area contributed by atoms with Crippen molar-refractivity contribution in [3.8, 4) is 0 Å². The second-order valence-corrected chi connectivity index (χ2v) is 3.78. The van der Waals surface area contributed by atoms with E-state index in [-0.39, 0.29) is 5.82 Å². The lowest BCUT2D eigenvalue weighted by molar-refractivity contribution is -0.390. The molecular weight excluding hydrogens is 196 g/mol. The monoisotopic (exact) mass is 210 g/mol. The molecule has 6 heteroatoms. The van der Waals surface area contributed by atoms with Gasteiger partial charge in [0.1, 0.15) is 5.69 Å². The average molecular weight is 210 g/mol. The largest absolute Gasteiger partial charge is 0.384 e. The molecule has 1 unspecified atom stereocenters. The van der Waals surface area contributed by atoms with E-state index in [9.17, 15) is 10.1 Å². The molecule has 0 spiro atoms. The Hall–Kier alpha value is -1.43. The minimum Gasteiger partial charge on any atom is -0.358 e. The van der Waals surface area contributed by atoms with E-state index in [0.29, 0.717) is 6.04 Å². The summed E-state index contributed by atoms with van der Waals surface area (Å²) < 4.78 is 1.94. The van der Waals surface area contributed by atoms with Crippen molar-refractivity contribution in [3.63, 3.8) is 0 Å². The minimum atomic E-state index is -0.395. The molecule has 0 radical (unpaired) electrons. The van der Waals surface area contributed by atoms with Gasteiger partial charge in [-0.15, -0.1) is 0 Å². The Kier molecular flexibility index (Phi) is 2.68. The minimum absolute atomic E-state index is 0.0239. The molecule has 15 heavy (non-hydrogen) atoms. The van der Waals surface area contributed by atoms with Crippen molar-refractivity contribution in [2.75, 3.05) is 13.6 Å². The zero-order valence-corrected chi connectivity index (χ0v) is 8.64. The van der Waals surface area contributed by atoms with Gasteiger partial charge in [-0.3, -0.25) is 0 Å². The van der Waals surface area contributed by atoms with E-state index in [4.69, 9.17) is 0 Å². The van der Waals surface area contributed by atoms with Crippen LogP contribution in [-0.4, -0.2) is 28.1 Å². The highest BCUT2D eigenvalue weighted by molar-refractivity contribution is 5.29. The van der Waals surface area contributed by atoms with Crippen LogP contribution < -0.4 is 5.32 Å². The van der Waals surface area contributed by atoms with Crippen LogP contribution in [0.15, 0.2) is 6.33 Å². The molecule has 0 fully saturated rings. The van der Waals surface area contributed by atoms with Gasteiger partial charge in [-0.2, -0.15) is 0 Å². The normalized spacial score (nSPS) is 19.9. The van der Waals surface area contributed by atoms with Gasteiger partial charge in [-0.1, -0.05) is 0 Å².